The Hall–Kier alpha value is -2.65. The summed E-state index contributed by atoms with van der Waals surface area (Å²) in [7, 11) is 2.05. The maximum absolute atomic E-state index is 12.5. The predicted molar refractivity (Wildman–Crippen MR) is 90.1 cm³/mol. The fourth-order valence-electron chi connectivity index (χ4n) is 2.17. The number of nitrogens with zero attached hydrogens (tertiary/aromatic N) is 4. The molecule has 0 spiro atoms. The number of hydrogen-bond donors (Lipinski definition) is 4. The lowest BCUT2D eigenvalue weighted by atomic mass is 10.1. The maximum Gasteiger partial charge on any atom is 0.267 e. The first-order valence-corrected chi connectivity index (χ1v) is 7.23. The Morgan fingerprint density at radius 2 is 1.78 bits per heavy atom. The number of nitrogens with one attached hydrogen (secondary N) is 1. The molecule has 0 aliphatic carbocycles. The first-order valence-electron chi connectivity index (χ1n) is 7.23. The van der Waals surface area contributed by atoms with Crippen molar-refractivity contribution < 1.29 is 4.79 Å². The molecular weight excluding hydrogens is 296 g/mol. The van der Waals surface area contributed by atoms with Gasteiger partial charge >= 0.3 is 0 Å². The van der Waals surface area contributed by atoms with Crippen LogP contribution in [0.5, 0.6) is 0 Å². The van der Waals surface area contributed by atoms with Gasteiger partial charge in [-0.2, -0.15) is 4.99 Å². The molecule has 0 aromatic heterocycles. The smallest absolute Gasteiger partial charge is 0.267 e. The Morgan fingerprint density at radius 1 is 1.13 bits per heavy atom. The van der Waals surface area contributed by atoms with Crippen molar-refractivity contribution in [2.45, 2.75) is 0 Å². The highest BCUT2D eigenvalue weighted by molar-refractivity contribution is 6.00. The number of amides is 1. The second kappa shape index (κ2) is 7.56. The Balaban J connectivity index is 2.13. The number of benzene rings is 1. The van der Waals surface area contributed by atoms with Crippen LogP contribution in [0.25, 0.3) is 0 Å². The van der Waals surface area contributed by atoms with Crippen molar-refractivity contribution in [1.29, 1.82) is 0 Å². The SMILES string of the molecule is CN1CCN(NC(=O)c2ccccc2N=C(N)N=C(N)N)CC1. The van der Waals surface area contributed by atoms with Gasteiger partial charge in [-0.15, -0.1) is 0 Å². The van der Waals surface area contributed by atoms with Gasteiger partial charge < -0.3 is 22.1 Å². The zero-order valence-corrected chi connectivity index (χ0v) is 13.1. The second-order valence-electron chi connectivity index (χ2n) is 5.26. The van der Waals surface area contributed by atoms with Crippen molar-refractivity contribution >= 4 is 23.5 Å². The van der Waals surface area contributed by atoms with Gasteiger partial charge in [0.2, 0.25) is 5.96 Å². The summed E-state index contributed by atoms with van der Waals surface area (Å²) in [6.07, 6.45) is 0. The lowest BCUT2D eigenvalue weighted by Gasteiger charge is -2.32. The molecule has 0 unspecified atom stereocenters. The number of carbonyl (C=O) groups is 1. The average molecular weight is 318 g/mol. The Morgan fingerprint density at radius 3 is 2.43 bits per heavy atom. The molecule has 0 radical (unpaired) electrons. The maximum atomic E-state index is 12.5. The van der Waals surface area contributed by atoms with Crippen molar-refractivity contribution in [1.82, 2.24) is 15.3 Å². The Kier molecular flexibility index (Phi) is 5.50. The summed E-state index contributed by atoms with van der Waals surface area (Å²) in [5.41, 5.74) is 19.8. The van der Waals surface area contributed by atoms with E-state index in [-0.39, 0.29) is 17.8 Å². The van der Waals surface area contributed by atoms with Gasteiger partial charge in [0, 0.05) is 26.2 Å². The van der Waals surface area contributed by atoms with Crippen LogP contribution in [0.15, 0.2) is 34.3 Å². The van der Waals surface area contributed by atoms with Crippen LogP contribution in [0, 0.1) is 0 Å². The van der Waals surface area contributed by atoms with Gasteiger partial charge in [-0.1, -0.05) is 12.1 Å². The molecule has 1 heterocycles. The number of para-hydroxylation sites is 1. The number of carbonyl (C=O) groups excluding carboxylic acids is 1. The van der Waals surface area contributed by atoms with E-state index in [9.17, 15) is 4.79 Å². The summed E-state index contributed by atoms with van der Waals surface area (Å²) in [5, 5.41) is 1.89. The number of nitrogens with two attached hydrogens (primary N) is 3. The zero-order chi connectivity index (χ0) is 16.8. The highest BCUT2D eigenvalue weighted by Gasteiger charge is 2.18. The van der Waals surface area contributed by atoms with Crippen molar-refractivity contribution in [3.05, 3.63) is 29.8 Å². The third-order valence-corrected chi connectivity index (χ3v) is 3.39. The topological polar surface area (TPSA) is 138 Å². The molecule has 2 rings (SSSR count). The number of likely N-dealkylation sites (N-methyl/N-ethyl adjacent to an activating group) is 1. The van der Waals surface area contributed by atoms with Crippen LogP contribution in [0.2, 0.25) is 0 Å². The van der Waals surface area contributed by atoms with Crippen LogP contribution in [-0.4, -0.2) is 61.0 Å². The van der Waals surface area contributed by atoms with Crippen molar-refractivity contribution in [2.75, 3.05) is 33.2 Å². The van der Waals surface area contributed by atoms with E-state index in [2.05, 4.69) is 27.4 Å². The van der Waals surface area contributed by atoms with E-state index in [0.717, 1.165) is 26.2 Å². The quantitative estimate of drug-likeness (QED) is 0.408. The van der Waals surface area contributed by atoms with E-state index in [4.69, 9.17) is 17.2 Å². The van der Waals surface area contributed by atoms with Crippen molar-refractivity contribution in [3.8, 4) is 0 Å². The number of piperazine rings is 1. The van der Waals surface area contributed by atoms with Gasteiger partial charge in [0.05, 0.1) is 11.3 Å². The minimum atomic E-state index is -0.244. The molecule has 9 nitrogen and oxygen atoms in total. The van der Waals surface area contributed by atoms with E-state index in [1.54, 1.807) is 24.3 Å². The largest absolute Gasteiger partial charge is 0.370 e. The summed E-state index contributed by atoms with van der Waals surface area (Å²) in [5.74, 6) is -0.540. The molecule has 1 aromatic carbocycles. The van der Waals surface area contributed by atoms with Crippen LogP contribution in [0.3, 0.4) is 0 Å². The minimum Gasteiger partial charge on any atom is -0.370 e. The normalized spacial score (nSPS) is 16.8. The number of hydrogen-bond acceptors (Lipinski definition) is 4. The summed E-state index contributed by atoms with van der Waals surface area (Å²) < 4.78 is 0. The van der Waals surface area contributed by atoms with Crippen molar-refractivity contribution in [3.63, 3.8) is 0 Å². The Bertz CT molecular complexity index is 615. The first kappa shape index (κ1) is 16.7. The average Bonchev–Trinajstić information content (AvgIpc) is 2.49. The monoisotopic (exact) mass is 318 g/mol. The molecule has 0 bridgehead atoms. The Labute approximate surface area is 134 Å². The van der Waals surface area contributed by atoms with E-state index >= 15 is 0 Å². The van der Waals surface area contributed by atoms with Crippen LogP contribution in [-0.2, 0) is 0 Å². The molecule has 1 aromatic rings. The van der Waals surface area contributed by atoms with Crippen LogP contribution >= 0.6 is 0 Å². The summed E-state index contributed by atoms with van der Waals surface area (Å²) in [6, 6.07) is 6.87. The highest BCUT2D eigenvalue weighted by atomic mass is 16.2. The first-order chi connectivity index (χ1) is 11.0. The van der Waals surface area contributed by atoms with E-state index in [0.29, 0.717) is 11.3 Å². The van der Waals surface area contributed by atoms with E-state index in [1.807, 2.05) is 5.01 Å². The third-order valence-electron chi connectivity index (χ3n) is 3.39. The predicted octanol–water partition coefficient (Wildman–Crippen LogP) is -1.20. The fraction of sp³-hybridized carbons (Fsp3) is 0.357. The summed E-state index contributed by atoms with van der Waals surface area (Å²) >= 11 is 0. The molecule has 7 N–H and O–H groups in total. The number of aliphatic imine (C=N–C) groups is 2. The number of guanidine groups is 2. The minimum absolute atomic E-state index is 0.107. The number of hydrazine groups is 1. The molecule has 1 amide bonds. The lowest BCUT2D eigenvalue weighted by molar-refractivity contribution is 0.0663. The molecule has 1 aliphatic heterocycles. The molecule has 23 heavy (non-hydrogen) atoms. The highest BCUT2D eigenvalue weighted by Crippen LogP contribution is 2.18. The third kappa shape index (κ3) is 4.94. The molecule has 0 atom stereocenters. The molecular formula is C14H22N8O. The van der Waals surface area contributed by atoms with Gasteiger partial charge in [-0.05, 0) is 19.2 Å². The van der Waals surface area contributed by atoms with Crippen LogP contribution in [0.4, 0.5) is 5.69 Å². The van der Waals surface area contributed by atoms with Crippen LogP contribution in [0.1, 0.15) is 10.4 Å². The van der Waals surface area contributed by atoms with Gasteiger partial charge in [-0.25, -0.2) is 10.0 Å². The van der Waals surface area contributed by atoms with Gasteiger partial charge in [0.25, 0.3) is 5.91 Å². The molecule has 1 fully saturated rings. The van der Waals surface area contributed by atoms with Gasteiger partial charge in [-0.3, -0.25) is 10.2 Å². The standard InChI is InChI=1S/C14H22N8O/c1-21-6-8-22(9-7-21)20-12(23)10-4-2-3-5-11(10)18-14(17)19-13(15)16/h2-5H,6-9H2,1H3,(H,20,23)(H6,15,16,17,18,19). The molecule has 124 valence electrons. The molecule has 1 saturated heterocycles. The van der Waals surface area contributed by atoms with Crippen molar-refractivity contribution in [2.24, 2.45) is 27.2 Å². The molecule has 1 aliphatic rings. The van der Waals surface area contributed by atoms with E-state index in [1.165, 1.54) is 0 Å². The lowest BCUT2D eigenvalue weighted by Crippen LogP contribution is -2.52. The van der Waals surface area contributed by atoms with Gasteiger partial charge in [0.15, 0.2) is 5.96 Å². The molecule has 9 heteroatoms. The fourth-order valence-corrected chi connectivity index (χ4v) is 2.17. The van der Waals surface area contributed by atoms with Gasteiger partial charge in [0.1, 0.15) is 0 Å². The molecule has 0 saturated carbocycles. The van der Waals surface area contributed by atoms with Crippen LogP contribution < -0.4 is 22.6 Å². The summed E-state index contributed by atoms with van der Waals surface area (Å²) in [4.78, 5) is 22.4. The van der Waals surface area contributed by atoms with E-state index < -0.39 is 0 Å². The zero-order valence-electron chi connectivity index (χ0n) is 13.1. The summed E-state index contributed by atoms with van der Waals surface area (Å²) in [6.45, 7) is 3.34. The number of rotatable bonds is 3. The second-order valence-corrected chi connectivity index (χ2v) is 5.26.